The van der Waals surface area contributed by atoms with E-state index in [1.165, 1.54) is 82.8 Å². The topological polar surface area (TPSA) is 0 Å². The van der Waals surface area contributed by atoms with Crippen LogP contribution in [0.25, 0.3) is 28.9 Å². The van der Waals surface area contributed by atoms with Gasteiger partial charge >= 0.3 is 0 Å². The molecule has 0 aromatic heterocycles. The van der Waals surface area contributed by atoms with Crippen LogP contribution < -0.4 is 10.4 Å². The highest BCUT2D eigenvalue weighted by Crippen LogP contribution is 2.39. The van der Waals surface area contributed by atoms with Crippen molar-refractivity contribution in [2.75, 3.05) is 0 Å². The fourth-order valence-corrected chi connectivity index (χ4v) is 6.45. The third-order valence-corrected chi connectivity index (χ3v) is 8.57. The molecule has 0 heteroatoms. The number of hydrogen-bond donors (Lipinski definition) is 0. The first-order chi connectivity index (χ1) is 19.0. The van der Waals surface area contributed by atoms with E-state index in [2.05, 4.69) is 143 Å². The van der Waals surface area contributed by atoms with Crippen molar-refractivity contribution < 1.29 is 0 Å². The minimum Gasteiger partial charge on any atom is -0.0720 e. The number of rotatable bonds is 3. The van der Waals surface area contributed by atoms with Crippen molar-refractivity contribution in [1.82, 2.24) is 0 Å². The van der Waals surface area contributed by atoms with Crippen LogP contribution in [0.5, 0.6) is 0 Å². The van der Waals surface area contributed by atoms with Gasteiger partial charge in [-0.25, -0.2) is 0 Å². The number of benzene rings is 5. The van der Waals surface area contributed by atoms with E-state index in [0.717, 1.165) is 0 Å². The summed E-state index contributed by atoms with van der Waals surface area (Å²) in [5, 5.41) is 2.54. The van der Waals surface area contributed by atoms with Crippen molar-refractivity contribution in [3.8, 4) is 11.1 Å². The lowest BCUT2D eigenvalue weighted by Crippen LogP contribution is -2.25. The summed E-state index contributed by atoms with van der Waals surface area (Å²) in [5.74, 6) is 0.198. The number of fused-ring (bicyclic) bond motifs is 4. The highest BCUT2D eigenvalue weighted by molar-refractivity contribution is 5.88. The van der Waals surface area contributed by atoms with Gasteiger partial charge < -0.3 is 0 Å². The van der Waals surface area contributed by atoms with Crippen LogP contribution >= 0.6 is 0 Å². The molecule has 0 amide bonds. The van der Waals surface area contributed by atoms with Crippen LogP contribution in [0.1, 0.15) is 61.6 Å². The van der Waals surface area contributed by atoms with Gasteiger partial charge in [0.15, 0.2) is 0 Å². The van der Waals surface area contributed by atoms with E-state index in [4.69, 9.17) is 0 Å². The number of allylic oxidation sites excluding steroid dienone is 1. The van der Waals surface area contributed by atoms with E-state index in [1.54, 1.807) is 0 Å². The second-order valence-electron chi connectivity index (χ2n) is 11.1. The van der Waals surface area contributed by atoms with Gasteiger partial charge in [-0.3, -0.25) is 0 Å². The maximum absolute atomic E-state index is 3.86. The molecule has 0 saturated carbocycles. The molecule has 0 nitrogen and oxygen atoms in total. The lowest BCUT2D eigenvalue weighted by atomic mass is 9.83. The number of aryl methyl sites for hydroxylation is 3. The van der Waals surface area contributed by atoms with Crippen LogP contribution in [0.4, 0.5) is 0 Å². The Bertz CT molecular complexity index is 1880. The molecule has 0 N–H and O–H groups in total. The normalized spacial score (nSPS) is 14.5. The molecule has 39 heavy (non-hydrogen) atoms. The van der Waals surface area contributed by atoms with Gasteiger partial charge in [-0.15, -0.1) is 0 Å². The zero-order valence-electron chi connectivity index (χ0n) is 23.0. The molecule has 2 aliphatic carbocycles. The van der Waals surface area contributed by atoms with E-state index < -0.39 is 0 Å². The summed E-state index contributed by atoms with van der Waals surface area (Å²) in [6.45, 7) is 8.92. The first kappa shape index (κ1) is 23.7. The van der Waals surface area contributed by atoms with Crippen LogP contribution in [0.2, 0.25) is 0 Å². The van der Waals surface area contributed by atoms with Gasteiger partial charge in [-0.05, 0) is 117 Å². The Morgan fingerprint density at radius 1 is 0.667 bits per heavy atom. The molecule has 2 aliphatic rings. The van der Waals surface area contributed by atoms with Gasteiger partial charge in [0, 0.05) is 5.92 Å². The summed E-state index contributed by atoms with van der Waals surface area (Å²) in [4.78, 5) is 0. The molecule has 0 fully saturated rings. The van der Waals surface area contributed by atoms with Crippen LogP contribution in [0, 0.1) is 27.7 Å². The summed E-state index contributed by atoms with van der Waals surface area (Å²) in [6.07, 6.45) is 8.58. The summed E-state index contributed by atoms with van der Waals surface area (Å²) in [5.41, 5.74) is 16.9. The fraction of sp³-hybridized carbons (Fsp3) is 0.128. The molecule has 1 unspecified atom stereocenters. The predicted octanol–water partition coefficient (Wildman–Crippen LogP) is 8.01. The van der Waals surface area contributed by atoms with Crippen LogP contribution in [0.15, 0.2) is 103 Å². The molecule has 7 rings (SSSR count). The second-order valence-corrected chi connectivity index (χ2v) is 11.1. The molecule has 0 saturated heterocycles. The van der Waals surface area contributed by atoms with Crippen molar-refractivity contribution in [3.05, 3.63) is 169 Å². The molecule has 0 aliphatic heterocycles. The quantitative estimate of drug-likeness (QED) is 0.231. The first-order valence-corrected chi connectivity index (χ1v) is 13.8. The van der Waals surface area contributed by atoms with Crippen LogP contribution in [-0.4, -0.2) is 0 Å². The van der Waals surface area contributed by atoms with E-state index in [-0.39, 0.29) is 5.92 Å². The van der Waals surface area contributed by atoms with Gasteiger partial charge in [0.1, 0.15) is 0 Å². The second kappa shape index (κ2) is 9.10. The summed E-state index contributed by atoms with van der Waals surface area (Å²) in [7, 11) is 0. The average Bonchev–Trinajstić information content (AvgIpc) is 3.51. The largest absolute Gasteiger partial charge is 0.0720 e. The minimum absolute atomic E-state index is 0.198. The number of hydrogen-bond acceptors (Lipinski definition) is 0. The van der Waals surface area contributed by atoms with Gasteiger partial charge in [-0.1, -0.05) is 109 Å². The maximum Gasteiger partial charge on any atom is 0.0288 e. The molecule has 5 aromatic rings. The standard InChI is InChI=1S/C39H31/c1-24-15-17-32-31(19-24)22-37-36(32)23-34(39(28-11-7-5-8-12-28)29-13-9-6-10-14-29)27(4)38(37)33-18-16-30-20-25(2)26(3)21-35(30)33/h5-21,23,33H,1-4H3. The summed E-state index contributed by atoms with van der Waals surface area (Å²) >= 11 is 0. The van der Waals surface area contributed by atoms with Crippen molar-refractivity contribution in [1.29, 1.82) is 0 Å². The van der Waals surface area contributed by atoms with Gasteiger partial charge in [0.2, 0.25) is 0 Å². The molecule has 0 bridgehead atoms. The molecule has 5 aromatic carbocycles. The predicted molar refractivity (Wildman–Crippen MR) is 164 cm³/mol. The Hall–Kier alpha value is -4.42. The van der Waals surface area contributed by atoms with E-state index in [1.807, 2.05) is 0 Å². The lowest BCUT2D eigenvalue weighted by molar-refractivity contribution is 1.00. The first-order valence-electron chi connectivity index (χ1n) is 13.8. The summed E-state index contributed by atoms with van der Waals surface area (Å²) in [6, 6.07) is 35.7. The Morgan fingerprint density at radius 3 is 2.03 bits per heavy atom. The highest BCUT2D eigenvalue weighted by atomic mass is 14.3. The van der Waals surface area contributed by atoms with Crippen LogP contribution in [0.3, 0.4) is 0 Å². The van der Waals surface area contributed by atoms with E-state index in [0.29, 0.717) is 0 Å². The SMILES string of the molecule is Cc1ccc2c(c1)[C]=c1c-2cc(=C(c2ccccc2)c2ccccc2)c(C)c1C1C=Cc2cc(C)c(C)cc21. The Balaban J connectivity index is 1.63. The minimum atomic E-state index is 0.198. The molecular weight excluding hydrogens is 468 g/mol. The third-order valence-electron chi connectivity index (χ3n) is 8.57. The van der Waals surface area contributed by atoms with Crippen molar-refractivity contribution in [3.63, 3.8) is 0 Å². The molecule has 187 valence electrons. The van der Waals surface area contributed by atoms with Gasteiger partial charge in [0.25, 0.3) is 0 Å². The van der Waals surface area contributed by atoms with E-state index >= 15 is 0 Å². The smallest absolute Gasteiger partial charge is 0.0288 e. The van der Waals surface area contributed by atoms with E-state index in [9.17, 15) is 0 Å². The molecular formula is C39H31. The van der Waals surface area contributed by atoms with Gasteiger partial charge in [0.05, 0.1) is 0 Å². The average molecular weight is 500 g/mol. The van der Waals surface area contributed by atoms with Crippen molar-refractivity contribution >= 4 is 17.7 Å². The Labute approximate surface area is 231 Å². The molecule has 0 heterocycles. The lowest BCUT2D eigenvalue weighted by Gasteiger charge is -2.20. The van der Waals surface area contributed by atoms with Crippen molar-refractivity contribution in [2.24, 2.45) is 0 Å². The molecule has 1 radical (unpaired) electrons. The monoisotopic (exact) mass is 499 g/mol. The molecule has 0 spiro atoms. The van der Waals surface area contributed by atoms with Gasteiger partial charge in [-0.2, -0.15) is 0 Å². The third kappa shape index (κ3) is 3.82. The highest BCUT2D eigenvalue weighted by Gasteiger charge is 2.27. The maximum atomic E-state index is 3.86. The Kier molecular flexibility index (Phi) is 5.53. The zero-order chi connectivity index (χ0) is 26.7. The zero-order valence-corrected chi connectivity index (χ0v) is 23.0. The molecule has 1 atom stereocenters. The van der Waals surface area contributed by atoms with Crippen LogP contribution in [-0.2, 0) is 0 Å². The summed E-state index contributed by atoms with van der Waals surface area (Å²) < 4.78 is 0. The van der Waals surface area contributed by atoms with Crippen molar-refractivity contribution in [2.45, 2.75) is 33.6 Å². The Morgan fingerprint density at radius 2 is 1.33 bits per heavy atom. The fourth-order valence-electron chi connectivity index (χ4n) is 6.45.